The molecule has 112 valence electrons. The van der Waals surface area contributed by atoms with Crippen LogP contribution in [0.5, 0.6) is 0 Å². The zero-order chi connectivity index (χ0) is 14.2. The molecule has 0 aromatic heterocycles. The van der Waals surface area contributed by atoms with Crippen LogP contribution in [0.1, 0.15) is 32.6 Å². The molecule has 3 aliphatic rings. The van der Waals surface area contributed by atoms with E-state index in [1.165, 1.54) is 0 Å². The van der Waals surface area contributed by atoms with Crippen LogP contribution in [0.2, 0.25) is 0 Å². The third-order valence-corrected chi connectivity index (χ3v) is 4.62. The lowest BCUT2D eigenvalue weighted by atomic mass is 9.91. The highest BCUT2D eigenvalue weighted by Crippen LogP contribution is 2.34. The zero-order valence-corrected chi connectivity index (χ0v) is 11.9. The number of hydrogen-bond donors (Lipinski definition) is 1. The van der Waals surface area contributed by atoms with Crippen molar-refractivity contribution in [2.45, 2.75) is 50.3 Å². The summed E-state index contributed by atoms with van der Waals surface area (Å²) in [6, 6.07) is -0.431. The van der Waals surface area contributed by atoms with Gasteiger partial charge >= 0.3 is 0 Å². The van der Waals surface area contributed by atoms with Gasteiger partial charge in [-0.1, -0.05) is 12.8 Å². The molecule has 3 rings (SSSR count). The quantitative estimate of drug-likeness (QED) is 0.778. The number of rotatable bonds is 2. The van der Waals surface area contributed by atoms with Crippen molar-refractivity contribution >= 4 is 11.8 Å². The minimum atomic E-state index is -0.654. The van der Waals surface area contributed by atoms with E-state index in [4.69, 9.17) is 9.47 Å². The fraction of sp³-hybridized carbons (Fsp3) is 0.857. The first-order valence-corrected chi connectivity index (χ1v) is 7.45. The molecular formula is C14H22N2O4. The lowest BCUT2D eigenvalue weighted by Crippen LogP contribution is -2.69. The van der Waals surface area contributed by atoms with Crippen LogP contribution in [0.3, 0.4) is 0 Å². The Kier molecular flexibility index (Phi) is 3.69. The van der Waals surface area contributed by atoms with E-state index in [0.717, 1.165) is 25.7 Å². The van der Waals surface area contributed by atoms with Crippen LogP contribution >= 0.6 is 0 Å². The number of ether oxygens (including phenoxy) is 2. The fourth-order valence-corrected chi connectivity index (χ4v) is 3.41. The molecule has 0 aromatic carbocycles. The van der Waals surface area contributed by atoms with Crippen LogP contribution in [0.15, 0.2) is 0 Å². The molecule has 2 heterocycles. The first-order chi connectivity index (χ1) is 9.62. The van der Waals surface area contributed by atoms with Gasteiger partial charge in [0.25, 0.3) is 0 Å². The number of carbonyl (C=O) groups excluding carboxylic acids is 2. The second-order valence-electron chi connectivity index (χ2n) is 5.98. The van der Waals surface area contributed by atoms with Crippen molar-refractivity contribution in [1.82, 2.24) is 10.2 Å². The first-order valence-electron chi connectivity index (χ1n) is 7.45. The van der Waals surface area contributed by atoms with E-state index in [-0.39, 0.29) is 17.9 Å². The molecule has 2 saturated heterocycles. The van der Waals surface area contributed by atoms with Crippen LogP contribution in [0.25, 0.3) is 0 Å². The highest BCUT2D eigenvalue weighted by Gasteiger charge is 2.51. The van der Waals surface area contributed by atoms with Crippen LogP contribution in [-0.2, 0) is 19.1 Å². The minimum absolute atomic E-state index is 0.0521. The average Bonchev–Trinajstić information content (AvgIpc) is 2.92. The maximum absolute atomic E-state index is 12.8. The van der Waals surface area contributed by atoms with E-state index >= 15 is 0 Å². The third kappa shape index (κ3) is 2.31. The molecule has 2 aliphatic heterocycles. The summed E-state index contributed by atoms with van der Waals surface area (Å²) < 4.78 is 11.0. The standard InChI is InChI=1S/C14H22N2O4/c1-10-12(17)15-14(4-2-3-5-14)13(18)16(10)8-11-9-19-6-7-20-11/h10-11H,2-9H2,1H3,(H,15,17). The molecule has 3 fully saturated rings. The molecule has 1 aliphatic carbocycles. The number of carbonyl (C=O) groups is 2. The smallest absolute Gasteiger partial charge is 0.249 e. The Hall–Kier alpha value is -1.14. The normalized spacial score (nSPS) is 33.5. The summed E-state index contributed by atoms with van der Waals surface area (Å²) >= 11 is 0. The summed E-state index contributed by atoms with van der Waals surface area (Å²) in [7, 11) is 0. The second-order valence-corrected chi connectivity index (χ2v) is 5.98. The molecule has 20 heavy (non-hydrogen) atoms. The maximum Gasteiger partial charge on any atom is 0.249 e. The van der Waals surface area contributed by atoms with Gasteiger partial charge in [-0.05, 0) is 19.8 Å². The summed E-state index contributed by atoms with van der Waals surface area (Å²) in [5, 5.41) is 2.96. The molecule has 6 nitrogen and oxygen atoms in total. The topological polar surface area (TPSA) is 67.9 Å². The Balaban J connectivity index is 1.75. The number of amides is 2. The zero-order valence-electron chi connectivity index (χ0n) is 11.9. The Morgan fingerprint density at radius 1 is 1.30 bits per heavy atom. The van der Waals surface area contributed by atoms with Gasteiger partial charge in [0, 0.05) is 0 Å². The molecule has 1 spiro atoms. The van der Waals surface area contributed by atoms with E-state index in [9.17, 15) is 9.59 Å². The molecule has 6 heteroatoms. The Morgan fingerprint density at radius 3 is 2.70 bits per heavy atom. The average molecular weight is 282 g/mol. The van der Waals surface area contributed by atoms with Crippen molar-refractivity contribution in [1.29, 1.82) is 0 Å². The van der Waals surface area contributed by atoms with Crippen molar-refractivity contribution < 1.29 is 19.1 Å². The predicted octanol–water partition coefficient (Wildman–Crippen LogP) is 0.0615. The Morgan fingerprint density at radius 2 is 2.05 bits per heavy atom. The monoisotopic (exact) mass is 282 g/mol. The first kappa shape index (κ1) is 13.8. The predicted molar refractivity (Wildman–Crippen MR) is 71.1 cm³/mol. The maximum atomic E-state index is 12.8. The molecule has 0 radical (unpaired) electrons. The molecule has 2 amide bonds. The van der Waals surface area contributed by atoms with Crippen LogP contribution in [-0.4, -0.2) is 60.8 Å². The highest BCUT2D eigenvalue weighted by atomic mass is 16.6. The highest BCUT2D eigenvalue weighted by molar-refractivity contribution is 5.99. The molecule has 1 saturated carbocycles. The van der Waals surface area contributed by atoms with Gasteiger partial charge in [0.1, 0.15) is 11.6 Å². The Labute approximate surface area is 118 Å². The van der Waals surface area contributed by atoms with Crippen molar-refractivity contribution in [2.75, 3.05) is 26.4 Å². The van der Waals surface area contributed by atoms with Gasteiger partial charge in [0.05, 0.1) is 32.5 Å². The van der Waals surface area contributed by atoms with Crippen molar-refractivity contribution in [3.05, 3.63) is 0 Å². The largest absolute Gasteiger partial charge is 0.376 e. The molecule has 2 atom stereocenters. The van der Waals surface area contributed by atoms with E-state index < -0.39 is 11.6 Å². The summed E-state index contributed by atoms with van der Waals surface area (Å²) in [4.78, 5) is 26.7. The van der Waals surface area contributed by atoms with E-state index in [0.29, 0.717) is 26.4 Å². The number of piperazine rings is 1. The number of nitrogens with one attached hydrogen (secondary N) is 1. The fourth-order valence-electron chi connectivity index (χ4n) is 3.41. The lowest BCUT2D eigenvalue weighted by Gasteiger charge is -2.44. The van der Waals surface area contributed by atoms with Gasteiger partial charge in [0.15, 0.2) is 0 Å². The second kappa shape index (κ2) is 5.33. The van der Waals surface area contributed by atoms with Gasteiger partial charge < -0.3 is 19.7 Å². The summed E-state index contributed by atoms with van der Waals surface area (Å²) in [6.45, 7) is 3.86. The molecule has 1 N–H and O–H groups in total. The van der Waals surface area contributed by atoms with Crippen molar-refractivity contribution in [2.24, 2.45) is 0 Å². The summed E-state index contributed by atoms with van der Waals surface area (Å²) in [6.07, 6.45) is 3.37. The summed E-state index contributed by atoms with van der Waals surface area (Å²) in [5.74, 6) is -0.000462. The minimum Gasteiger partial charge on any atom is -0.376 e. The van der Waals surface area contributed by atoms with E-state index in [1.807, 2.05) is 0 Å². The van der Waals surface area contributed by atoms with Gasteiger partial charge in [-0.3, -0.25) is 9.59 Å². The number of nitrogens with zero attached hydrogens (tertiary/aromatic N) is 1. The van der Waals surface area contributed by atoms with Gasteiger partial charge in [-0.2, -0.15) is 0 Å². The lowest BCUT2D eigenvalue weighted by molar-refractivity contribution is -0.160. The molecule has 0 bridgehead atoms. The van der Waals surface area contributed by atoms with Crippen LogP contribution in [0.4, 0.5) is 0 Å². The molecule has 2 unspecified atom stereocenters. The third-order valence-electron chi connectivity index (χ3n) is 4.62. The van der Waals surface area contributed by atoms with Gasteiger partial charge in [-0.25, -0.2) is 0 Å². The SMILES string of the molecule is CC1C(=O)NC2(CCCC2)C(=O)N1CC1COCCO1. The van der Waals surface area contributed by atoms with Gasteiger partial charge in [0.2, 0.25) is 11.8 Å². The van der Waals surface area contributed by atoms with E-state index in [2.05, 4.69) is 5.32 Å². The number of hydrogen-bond acceptors (Lipinski definition) is 4. The van der Waals surface area contributed by atoms with Crippen molar-refractivity contribution in [3.63, 3.8) is 0 Å². The van der Waals surface area contributed by atoms with Crippen LogP contribution in [0, 0.1) is 0 Å². The van der Waals surface area contributed by atoms with Gasteiger partial charge in [-0.15, -0.1) is 0 Å². The Bertz CT molecular complexity index is 400. The van der Waals surface area contributed by atoms with Crippen LogP contribution < -0.4 is 5.32 Å². The van der Waals surface area contributed by atoms with E-state index in [1.54, 1.807) is 11.8 Å². The molecular weight excluding hydrogens is 260 g/mol. The molecule has 0 aromatic rings. The van der Waals surface area contributed by atoms with Crippen molar-refractivity contribution in [3.8, 4) is 0 Å². The summed E-state index contributed by atoms with van der Waals surface area (Å²) in [5.41, 5.74) is -0.654.